The van der Waals surface area contributed by atoms with E-state index >= 15 is 0 Å². The largest absolute Gasteiger partial charge is 0.393 e. The lowest BCUT2D eigenvalue weighted by molar-refractivity contribution is 0.0862. The van der Waals surface area contributed by atoms with Gasteiger partial charge >= 0.3 is 0 Å². The molecule has 160 valence electrons. The fraction of sp³-hybridized carbons (Fsp3) is 0.692. The van der Waals surface area contributed by atoms with E-state index in [0.29, 0.717) is 30.1 Å². The van der Waals surface area contributed by atoms with Gasteiger partial charge in [0.2, 0.25) is 0 Å². The van der Waals surface area contributed by atoms with Crippen LogP contribution in [0.2, 0.25) is 13.1 Å². The summed E-state index contributed by atoms with van der Waals surface area (Å²) in [5.74, 6) is 4.85. The maximum absolute atomic E-state index is 10.1. The second-order valence-electron chi connectivity index (χ2n) is 10.2. The average molecular weight is 413 g/mol. The first kappa shape index (κ1) is 22.6. The van der Waals surface area contributed by atoms with Crippen molar-refractivity contribution in [2.24, 2.45) is 17.3 Å². The lowest BCUT2D eigenvalue weighted by Gasteiger charge is -2.43. The van der Waals surface area contributed by atoms with Gasteiger partial charge < -0.3 is 10.2 Å². The normalized spacial score (nSPS) is 36.2. The second kappa shape index (κ2) is 9.82. The minimum absolute atomic E-state index is 0.415. The van der Waals surface area contributed by atoms with Crippen LogP contribution in [0, 0.1) is 28.7 Å². The molecule has 0 saturated heterocycles. The Morgan fingerprint density at radius 2 is 2.00 bits per heavy atom. The number of fused-ring (bicyclic) bond motifs is 1. The van der Waals surface area contributed by atoms with Gasteiger partial charge in [0.15, 0.2) is 0 Å². The summed E-state index contributed by atoms with van der Waals surface area (Å²) in [6.45, 7) is 11.1. The Morgan fingerprint density at radius 1 is 1.24 bits per heavy atom. The van der Waals surface area contributed by atoms with Crippen molar-refractivity contribution in [3.63, 3.8) is 0 Å². The van der Waals surface area contributed by atoms with Crippen LogP contribution in [0.25, 0.3) is 0 Å². The highest BCUT2D eigenvalue weighted by molar-refractivity contribution is 6.64. The van der Waals surface area contributed by atoms with E-state index in [2.05, 4.69) is 50.2 Å². The Balaban J connectivity index is 1.73. The predicted molar refractivity (Wildman–Crippen MR) is 125 cm³/mol. The van der Waals surface area contributed by atoms with E-state index in [1.165, 1.54) is 44.9 Å². The summed E-state index contributed by atoms with van der Waals surface area (Å²) in [4.78, 5) is 0. The molecule has 3 saturated carbocycles. The van der Waals surface area contributed by atoms with Crippen LogP contribution in [0.3, 0.4) is 0 Å². The lowest BCUT2D eigenvalue weighted by Crippen LogP contribution is -2.32. The first-order valence-electron chi connectivity index (χ1n) is 11.7. The molecule has 0 spiro atoms. The molecule has 0 aromatic carbocycles. The number of aliphatic hydroxyl groups is 2. The van der Waals surface area contributed by atoms with Crippen molar-refractivity contribution < 1.29 is 10.2 Å². The SMILES string of the molecule is C=C1C(=CC=C2CCC[C@@]3(CC(C)CC#C[SiH](C)C)CCC[C@H]23)C[C@@H](O)C[C@@H]1O. The van der Waals surface area contributed by atoms with Gasteiger partial charge in [-0.25, -0.2) is 0 Å². The van der Waals surface area contributed by atoms with Gasteiger partial charge in [-0.05, 0) is 73.3 Å². The molecular weight excluding hydrogens is 372 g/mol. The van der Waals surface area contributed by atoms with Crippen molar-refractivity contribution in [1.82, 2.24) is 0 Å². The third-order valence-corrected chi connectivity index (χ3v) is 8.14. The van der Waals surface area contributed by atoms with Gasteiger partial charge in [-0.15, -0.1) is 11.5 Å². The molecule has 3 aliphatic carbocycles. The highest BCUT2D eigenvalue weighted by Gasteiger charge is 2.46. The van der Waals surface area contributed by atoms with Crippen molar-refractivity contribution >= 4 is 8.80 Å². The van der Waals surface area contributed by atoms with Crippen LogP contribution in [0.15, 0.2) is 35.5 Å². The summed E-state index contributed by atoms with van der Waals surface area (Å²) in [7, 11) is -0.767. The van der Waals surface area contributed by atoms with Gasteiger partial charge in [0.1, 0.15) is 8.80 Å². The molecule has 2 nitrogen and oxygen atoms in total. The molecule has 3 aliphatic rings. The van der Waals surface area contributed by atoms with Crippen molar-refractivity contribution in [3.05, 3.63) is 35.5 Å². The van der Waals surface area contributed by atoms with Crippen LogP contribution in [-0.2, 0) is 0 Å². The van der Waals surface area contributed by atoms with E-state index in [-0.39, 0.29) is 0 Å². The maximum atomic E-state index is 10.1. The van der Waals surface area contributed by atoms with E-state index in [4.69, 9.17) is 0 Å². The molecule has 0 heterocycles. The molecule has 0 aromatic heterocycles. The zero-order valence-corrected chi connectivity index (χ0v) is 19.9. The Morgan fingerprint density at radius 3 is 2.76 bits per heavy atom. The van der Waals surface area contributed by atoms with E-state index in [0.717, 1.165) is 17.6 Å². The van der Waals surface area contributed by atoms with Gasteiger partial charge in [-0.2, -0.15) is 0 Å². The summed E-state index contributed by atoms with van der Waals surface area (Å²) >= 11 is 0. The molecule has 29 heavy (non-hydrogen) atoms. The molecule has 2 N–H and O–H groups in total. The quantitative estimate of drug-likeness (QED) is 0.484. The lowest BCUT2D eigenvalue weighted by atomic mass is 9.62. The summed E-state index contributed by atoms with van der Waals surface area (Å²) in [5, 5.41) is 20.2. The first-order chi connectivity index (χ1) is 13.8. The van der Waals surface area contributed by atoms with Gasteiger partial charge in [0, 0.05) is 12.8 Å². The highest BCUT2D eigenvalue weighted by atomic mass is 28.3. The molecule has 0 aromatic rings. The summed E-state index contributed by atoms with van der Waals surface area (Å²) in [6.07, 6.45) is 14.7. The van der Waals surface area contributed by atoms with E-state index in [1.807, 2.05) is 0 Å². The minimum Gasteiger partial charge on any atom is -0.393 e. The van der Waals surface area contributed by atoms with Gasteiger partial charge in [-0.1, -0.05) is 50.7 Å². The molecule has 3 heteroatoms. The van der Waals surface area contributed by atoms with E-state index in [9.17, 15) is 10.2 Å². The number of allylic oxidation sites excluding steroid dienone is 3. The zero-order chi connectivity index (χ0) is 21.0. The average Bonchev–Trinajstić information content (AvgIpc) is 3.07. The van der Waals surface area contributed by atoms with Crippen LogP contribution < -0.4 is 0 Å². The van der Waals surface area contributed by atoms with E-state index in [1.54, 1.807) is 5.57 Å². The van der Waals surface area contributed by atoms with Crippen LogP contribution >= 0.6 is 0 Å². The van der Waals surface area contributed by atoms with Crippen molar-refractivity contribution in [2.45, 2.75) is 96.4 Å². The smallest absolute Gasteiger partial charge is 0.116 e. The molecule has 3 rings (SSSR count). The Kier molecular flexibility index (Phi) is 7.65. The molecule has 0 aliphatic heterocycles. The fourth-order valence-corrected chi connectivity index (χ4v) is 6.58. The molecule has 0 radical (unpaired) electrons. The first-order valence-corrected chi connectivity index (χ1v) is 14.6. The molecule has 1 unspecified atom stereocenters. The number of aliphatic hydroxyl groups excluding tert-OH is 2. The molecular formula is C26H40O2Si. The van der Waals surface area contributed by atoms with Gasteiger partial charge in [-0.3, -0.25) is 0 Å². The molecule has 3 fully saturated rings. The fourth-order valence-electron chi connectivity index (χ4n) is 6.05. The standard InChI is InChI=1S/C26H40O2Si/c1-19(8-7-15-29(3)4)18-26-13-5-9-21(24(26)10-6-14-26)11-12-22-16-23(27)17-25(28)20(22)2/h11-12,19,23-25,27-29H,2,5-6,8-10,13-14,16-18H2,1,3-4H3/t19?,23-,24-,25+,26+/m1/s1. The van der Waals surface area contributed by atoms with Crippen molar-refractivity contribution in [1.29, 1.82) is 0 Å². The topological polar surface area (TPSA) is 40.5 Å². The van der Waals surface area contributed by atoms with E-state index < -0.39 is 21.0 Å². The van der Waals surface area contributed by atoms with Crippen LogP contribution in [-0.4, -0.2) is 31.2 Å². The third kappa shape index (κ3) is 5.54. The van der Waals surface area contributed by atoms with Crippen LogP contribution in [0.4, 0.5) is 0 Å². The predicted octanol–water partition coefficient (Wildman–Crippen LogP) is 5.33. The highest BCUT2D eigenvalue weighted by Crippen LogP contribution is 2.57. The number of hydrogen-bond acceptors (Lipinski definition) is 2. The summed E-state index contributed by atoms with van der Waals surface area (Å²) in [5.41, 5.74) is 7.36. The van der Waals surface area contributed by atoms with Crippen LogP contribution in [0.5, 0.6) is 0 Å². The molecule has 0 amide bonds. The van der Waals surface area contributed by atoms with Crippen molar-refractivity contribution in [2.75, 3.05) is 0 Å². The minimum atomic E-state index is -0.767. The third-order valence-electron chi connectivity index (χ3n) is 7.35. The monoisotopic (exact) mass is 412 g/mol. The Hall–Kier alpha value is -1.08. The molecule has 5 atom stereocenters. The summed E-state index contributed by atoms with van der Waals surface area (Å²) < 4.78 is 0. The number of rotatable bonds is 4. The van der Waals surface area contributed by atoms with Crippen molar-refractivity contribution in [3.8, 4) is 11.5 Å². The van der Waals surface area contributed by atoms with Gasteiger partial charge in [0.05, 0.1) is 12.2 Å². The van der Waals surface area contributed by atoms with Gasteiger partial charge in [0.25, 0.3) is 0 Å². The maximum Gasteiger partial charge on any atom is 0.116 e. The summed E-state index contributed by atoms with van der Waals surface area (Å²) in [6, 6.07) is 0. The van der Waals surface area contributed by atoms with Crippen LogP contribution in [0.1, 0.15) is 71.1 Å². The molecule has 0 bridgehead atoms. The Bertz CT molecular complexity index is 723. The second-order valence-corrected chi connectivity index (χ2v) is 12.8. The Labute approximate surface area is 179 Å². The number of hydrogen-bond donors (Lipinski definition) is 2. The zero-order valence-electron chi connectivity index (χ0n) is 18.7.